The molecule has 0 aliphatic carbocycles. The van der Waals surface area contributed by atoms with E-state index in [4.69, 9.17) is 9.47 Å². The van der Waals surface area contributed by atoms with Gasteiger partial charge in [0.25, 0.3) is 0 Å². The van der Waals surface area contributed by atoms with E-state index in [1.807, 2.05) is 0 Å². The molecule has 0 saturated heterocycles. The standard InChI is InChI=1S/C12H12N2O4S/c15-9-2-11-10(17-6-18-11)1-7(9)3-13-4-8-5-19-12(16)14-8/h1-2,5,13,15H,3-4,6H2,(H,14,16). The van der Waals surface area contributed by atoms with Crippen LogP contribution in [0.2, 0.25) is 0 Å². The van der Waals surface area contributed by atoms with Crippen molar-refractivity contribution < 1.29 is 14.6 Å². The second-order valence-electron chi connectivity index (χ2n) is 4.11. The van der Waals surface area contributed by atoms with Crippen molar-refractivity contribution in [3.63, 3.8) is 0 Å². The van der Waals surface area contributed by atoms with Gasteiger partial charge in [0.2, 0.25) is 6.79 Å². The predicted molar refractivity (Wildman–Crippen MR) is 69.7 cm³/mol. The third-order valence-electron chi connectivity index (χ3n) is 2.78. The number of hydrogen-bond acceptors (Lipinski definition) is 6. The summed E-state index contributed by atoms with van der Waals surface area (Å²) >= 11 is 1.13. The fourth-order valence-corrected chi connectivity index (χ4v) is 2.43. The molecule has 19 heavy (non-hydrogen) atoms. The van der Waals surface area contributed by atoms with Crippen molar-refractivity contribution in [2.45, 2.75) is 13.1 Å². The molecule has 0 spiro atoms. The van der Waals surface area contributed by atoms with Crippen LogP contribution in [0.4, 0.5) is 0 Å². The van der Waals surface area contributed by atoms with E-state index in [2.05, 4.69) is 10.3 Å². The average Bonchev–Trinajstić information content (AvgIpc) is 2.98. The third-order valence-corrected chi connectivity index (χ3v) is 3.49. The minimum atomic E-state index is -0.0669. The molecule has 1 aliphatic heterocycles. The maximum Gasteiger partial charge on any atom is 0.304 e. The van der Waals surface area contributed by atoms with E-state index in [1.165, 1.54) is 0 Å². The molecule has 2 aromatic rings. The van der Waals surface area contributed by atoms with E-state index in [0.29, 0.717) is 24.6 Å². The second kappa shape index (κ2) is 4.94. The van der Waals surface area contributed by atoms with E-state index in [9.17, 15) is 9.90 Å². The van der Waals surface area contributed by atoms with E-state index < -0.39 is 0 Å². The van der Waals surface area contributed by atoms with Gasteiger partial charge in [-0.3, -0.25) is 4.79 Å². The van der Waals surface area contributed by atoms with Gasteiger partial charge in [0.15, 0.2) is 11.5 Å². The molecule has 1 aromatic heterocycles. The molecule has 0 atom stereocenters. The zero-order valence-electron chi connectivity index (χ0n) is 9.93. The molecule has 0 amide bonds. The third kappa shape index (κ3) is 2.56. The summed E-state index contributed by atoms with van der Waals surface area (Å²) in [4.78, 5) is 13.6. The number of nitrogens with one attached hydrogen (secondary N) is 2. The molecule has 3 rings (SSSR count). The number of aromatic amines is 1. The summed E-state index contributed by atoms with van der Waals surface area (Å²) in [6.45, 7) is 1.19. The van der Waals surface area contributed by atoms with Crippen LogP contribution in [0.15, 0.2) is 22.3 Å². The quantitative estimate of drug-likeness (QED) is 0.782. The van der Waals surface area contributed by atoms with Crippen molar-refractivity contribution in [1.29, 1.82) is 0 Å². The first-order valence-electron chi connectivity index (χ1n) is 5.71. The van der Waals surface area contributed by atoms with Gasteiger partial charge in [-0.05, 0) is 6.07 Å². The van der Waals surface area contributed by atoms with E-state index in [0.717, 1.165) is 22.6 Å². The summed E-state index contributed by atoms with van der Waals surface area (Å²) in [7, 11) is 0. The molecule has 0 saturated carbocycles. The van der Waals surface area contributed by atoms with Crippen LogP contribution >= 0.6 is 11.3 Å². The Hall–Kier alpha value is -1.99. The highest BCUT2D eigenvalue weighted by molar-refractivity contribution is 7.07. The number of fused-ring (bicyclic) bond motifs is 1. The SMILES string of the molecule is O=c1[nH]c(CNCc2cc3c(cc2O)OCO3)cs1. The van der Waals surface area contributed by atoms with E-state index in [-0.39, 0.29) is 17.4 Å². The summed E-state index contributed by atoms with van der Waals surface area (Å²) in [6.07, 6.45) is 0. The monoisotopic (exact) mass is 280 g/mol. The zero-order chi connectivity index (χ0) is 13.2. The fraction of sp³-hybridized carbons (Fsp3) is 0.250. The Morgan fingerprint density at radius 3 is 2.84 bits per heavy atom. The summed E-state index contributed by atoms with van der Waals surface area (Å²) in [6, 6.07) is 3.30. The van der Waals surface area contributed by atoms with E-state index >= 15 is 0 Å². The van der Waals surface area contributed by atoms with Gasteiger partial charge in [0.1, 0.15) is 5.75 Å². The molecule has 0 unspecified atom stereocenters. The number of hydrogen-bond donors (Lipinski definition) is 3. The first-order chi connectivity index (χ1) is 9.22. The van der Waals surface area contributed by atoms with Crippen molar-refractivity contribution in [3.8, 4) is 17.2 Å². The van der Waals surface area contributed by atoms with Crippen molar-refractivity contribution >= 4 is 11.3 Å². The molecular formula is C12H12N2O4S. The topological polar surface area (TPSA) is 83.6 Å². The summed E-state index contributed by atoms with van der Waals surface area (Å²) < 4.78 is 10.4. The highest BCUT2D eigenvalue weighted by Gasteiger charge is 2.16. The number of benzene rings is 1. The highest BCUT2D eigenvalue weighted by atomic mass is 32.1. The molecule has 3 N–H and O–H groups in total. The Morgan fingerprint density at radius 2 is 2.11 bits per heavy atom. The molecule has 0 bridgehead atoms. The summed E-state index contributed by atoms with van der Waals surface area (Å²) in [5, 5.41) is 14.8. The molecule has 6 nitrogen and oxygen atoms in total. The van der Waals surface area contributed by atoms with Gasteiger partial charge >= 0.3 is 4.87 Å². The number of ether oxygens (including phenoxy) is 2. The summed E-state index contributed by atoms with van der Waals surface area (Å²) in [5.41, 5.74) is 1.55. The minimum Gasteiger partial charge on any atom is -0.507 e. The number of H-pyrrole nitrogens is 1. The largest absolute Gasteiger partial charge is 0.507 e. The Morgan fingerprint density at radius 1 is 1.32 bits per heavy atom. The lowest BCUT2D eigenvalue weighted by Gasteiger charge is -2.07. The molecule has 0 fully saturated rings. The molecule has 100 valence electrons. The Balaban J connectivity index is 1.65. The van der Waals surface area contributed by atoms with Crippen LogP contribution in [0, 0.1) is 0 Å². The second-order valence-corrected chi connectivity index (χ2v) is 4.95. The van der Waals surface area contributed by atoms with Gasteiger partial charge < -0.3 is 24.9 Å². The Kier molecular flexibility index (Phi) is 3.14. The van der Waals surface area contributed by atoms with Crippen LogP contribution in [-0.2, 0) is 13.1 Å². The van der Waals surface area contributed by atoms with Gasteiger partial charge in [-0.2, -0.15) is 0 Å². The number of rotatable bonds is 4. The first-order valence-corrected chi connectivity index (χ1v) is 6.59. The maximum absolute atomic E-state index is 11.0. The highest BCUT2D eigenvalue weighted by Crippen LogP contribution is 2.37. The molecule has 0 radical (unpaired) electrons. The lowest BCUT2D eigenvalue weighted by atomic mass is 10.1. The molecule has 1 aliphatic rings. The van der Waals surface area contributed by atoms with Crippen LogP contribution in [0.3, 0.4) is 0 Å². The van der Waals surface area contributed by atoms with Crippen LogP contribution in [-0.4, -0.2) is 16.9 Å². The van der Waals surface area contributed by atoms with Gasteiger partial charge in [0, 0.05) is 35.8 Å². The van der Waals surface area contributed by atoms with Crippen LogP contribution < -0.4 is 19.7 Å². The molecule has 1 aromatic carbocycles. The zero-order valence-corrected chi connectivity index (χ0v) is 10.8. The average molecular weight is 280 g/mol. The minimum absolute atomic E-state index is 0.0669. The van der Waals surface area contributed by atoms with Crippen molar-refractivity contribution in [3.05, 3.63) is 38.4 Å². The lowest BCUT2D eigenvalue weighted by Crippen LogP contribution is -2.13. The predicted octanol–water partition coefficient (Wildman–Crippen LogP) is 1.16. The first kappa shape index (κ1) is 12.1. The summed E-state index contributed by atoms with van der Waals surface area (Å²) in [5.74, 6) is 1.36. The van der Waals surface area contributed by atoms with Crippen molar-refractivity contribution in [2.75, 3.05) is 6.79 Å². The van der Waals surface area contributed by atoms with Crippen molar-refractivity contribution in [2.24, 2.45) is 0 Å². The smallest absolute Gasteiger partial charge is 0.304 e. The Labute approximate surface area is 112 Å². The molecule has 7 heteroatoms. The van der Waals surface area contributed by atoms with Gasteiger partial charge in [0.05, 0.1) is 0 Å². The van der Waals surface area contributed by atoms with Gasteiger partial charge in [-0.15, -0.1) is 0 Å². The van der Waals surface area contributed by atoms with Crippen LogP contribution in [0.5, 0.6) is 17.2 Å². The van der Waals surface area contributed by atoms with Gasteiger partial charge in [-0.1, -0.05) is 11.3 Å². The number of thiazole rings is 1. The number of phenols is 1. The number of aromatic hydroxyl groups is 1. The van der Waals surface area contributed by atoms with Gasteiger partial charge in [-0.25, -0.2) is 0 Å². The number of phenolic OH excluding ortho intramolecular Hbond substituents is 1. The van der Waals surface area contributed by atoms with Crippen LogP contribution in [0.25, 0.3) is 0 Å². The molecular weight excluding hydrogens is 268 g/mol. The Bertz CT molecular complexity index is 649. The maximum atomic E-state index is 11.0. The number of aromatic nitrogens is 1. The molecule has 2 heterocycles. The fourth-order valence-electron chi connectivity index (χ4n) is 1.85. The normalized spacial score (nSPS) is 12.8. The van der Waals surface area contributed by atoms with Crippen molar-refractivity contribution in [1.82, 2.24) is 10.3 Å². The van der Waals surface area contributed by atoms with Crippen LogP contribution in [0.1, 0.15) is 11.3 Å². The lowest BCUT2D eigenvalue weighted by molar-refractivity contribution is 0.174. The van der Waals surface area contributed by atoms with E-state index in [1.54, 1.807) is 17.5 Å².